The van der Waals surface area contributed by atoms with Crippen molar-refractivity contribution in [1.82, 2.24) is 9.78 Å². The second-order valence-electron chi connectivity index (χ2n) is 6.70. The van der Waals surface area contributed by atoms with Crippen LogP contribution in [-0.2, 0) is 0 Å². The molecule has 9 heteroatoms. The molecule has 0 saturated heterocycles. The molecule has 150 valence electrons. The molecule has 0 unspecified atom stereocenters. The van der Waals surface area contributed by atoms with Crippen molar-refractivity contribution in [3.63, 3.8) is 0 Å². The lowest BCUT2D eigenvalue weighted by molar-refractivity contribution is 0.101. The van der Waals surface area contributed by atoms with Gasteiger partial charge in [0.15, 0.2) is 5.82 Å². The molecular formula is C20H14F5N3O. The first kappa shape index (κ1) is 19.1. The minimum atomic E-state index is -2.85. The minimum Gasteiger partial charge on any atom is -0.322 e. The Kier molecular flexibility index (Phi) is 4.81. The summed E-state index contributed by atoms with van der Waals surface area (Å²) in [4.78, 5) is 12.1. The zero-order valence-electron chi connectivity index (χ0n) is 14.8. The number of nitrogens with one attached hydrogen (secondary N) is 1. The summed E-state index contributed by atoms with van der Waals surface area (Å²) in [6.07, 6.45) is -1.16. The molecule has 4 rings (SSSR count). The fourth-order valence-electron chi connectivity index (χ4n) is 3.01. The number of halogens is 5. The first-order valence-corrected chi connectivity index (χ1v) is 8.78. The van der Waals surface area contributed by atoms with Crippen molar-refractivity contribution >= 4 is 11.6 Å². The van der Waals surface area contributed by atoms with Crippen molar-refractivity contribution in [2.45, 2.75) is 25.2 Å². The molecule has 29 heavy (non-hydrogen) atoms. The average molecular weight is 407 g/mol. The Balaban J connectivity index is 1.63. The fraction of sp³-hybridized carbons (Fsp3) is 0.200. The third-order valence-electron chi connectivity index (χ3n) is 4.60. The quantitative estimate of drug-likeness (QED) is 0.579. The van der Waals surface area contributed by atoms with Crippen LogP contribution in [-0.4, -0.2) is 15.7 Å². The van der Waals surface area contributed by atoms with Gasteiger partial charge in [-0.2, -0.15) is 5.10 Å². The molecule has 1 N–H and O–H groups in total. The summed E-state index contributed by atoms with van der Waals surface area (Å²) in [5.41, 5.74) is -1.07. The first-order chi connectivity index (χ1) is 13.8. The van der Waals surface area contributed by atoms with Gasteiger partial charge in [-0.25, -0.2) is 26.6 Å². The zero-order chi connectivity index (χ0) is 20.7. The summed E-state index contributed by atoms with van der Waals surface area (Å²) in [6.45, 7) is 0. The predicted octanol–water partition coefficient (Wildman–Crippen LogP) is 5.36. The molecule has 0 aliphatic heterocycles. The van der Waals surface area contributed by atoms with E-state index in [1.54, 1.807) is 0 Å². The number of benzene rings is 2. The van der Waals surface area contributed by atoms with Gasteiger partial charge in [0.25, 0.3) is 12.3 Å². The smallest absolute Gasteiger partial charge is 0.280 e. The van der Waals surface area contributed by atoms with Gasteiger partial charge in [-0.1, -0.05) is 6.07 Å². The Labute approximate surface area is 162 Å². The summed E-state index contributed by atoms with van der Waals surface area (Å²) < 4.78 is 69.6. The van der Waals surface area contributed by atoms with E-state index in [1.165, 1.54) is 12.1 Å². The Morgan fingerprint density at radius 2 is 1.72 bits per heavy atom. The van der Waals surface area contributed by atoms with Crippen LogP contribution in [0.3, 0.4) is 0 Å². The van der Waals surface area contributed by atoms with E-state index in [-0.39, 0.29) is 17.3 Å². The lowest BCUT2D eigenvalue weighted by Gasteiger charge is -2.11. The molecule has 1 aliphatic rings. The molecule has 1 aliphatic carbocycles. The van der Waals surface area contributed by atoms with E-state index in [0.717, 1.165) is 47.9 Å². The number of alkyl halides is 2. The maximum absolute atomic E-state index is 14.6. The number of hydrogen-bond acceptors (Lipinski definition) is 2. The summed E-state index contributed by atoms with van der Waals surface area (Å²) in [6, 6.07) is 7.49. The van der Waals surface area contributed by atoms with E-state index in [4.69, 9.17) is 0 Å². The van der Waals surface area contributed by atoms with Crippen LogP contribution in [0.25, 0.3) is 5.69 Å². The normalized spacial score (nSPS) is 13.7. The van der Waals surface area contributed by atoms with Crippen molar-refractivity contribution in [1.29, 1.82) is 0 Å². The molecule has 1 aromatic heterocycles. The Hall–Kier alpha value is -3.23. The standard InChI is InChI=1S/C20H14F5N3O/c21-12-2-1-3-13(22)18(12)20(29)26-11-6-7-16(14(23)8-11)28-17(19(24)25)9-15(27-28)10-4-5-10/h1-3,6-10,19H,4-5H2,(H,26,29). The van der Waals surface area contributed by atoms with Gasteiger partial charge in [0.1, 0.15) is 28.6 Å². The molecule has 0 atom stereocenters. The number of aromatic nitrogens is 2. The van der Waals surface area contributed by atoms with E-state index in [1.807, 2.05) is 0 Å². The van der Waals surface area contributed by atoms with Gasteiger partial charge in [-0.05, 0) is 49.2 Å². The summed E-state index contributed by atoms with van der Waals surface area (Å²) in [7, 11) is 0. The number of carbonyl (C=O) groups is 1. The molecule has 1 saturated carbocycles. The number of carbonyl (C=O) groups excluding carboxylic acids is 1. The van der Waals surface area contributed by atoms with Crippen LogP contribution >= 0.6 is 0 Å². The number of amides is 1. The van der Waals surface area contributed by atoms with Crippen LogP contribution in [0.2, 0.25) is 0 Å². The van der Waals surface area contributed by atoms with Crippen molar-refractivity contribution in [3.05, 3.63) is 76.9 Å². The monoisotopic (exact) mass is 407 g/mol. The van der Waals surface area contributed by atoms with Gasteiger partial charge in [0, 0.05) is 11.6 Å². The van der Waals surface area contributed by atoms with Crippen LogP contribution in [0, 0.1) is 17.5 Å². The highest BCUT2D eigenvalue weighted by atomic mass is 19.3. The Bertz CT molecular complexity index is 1070. The van der Waals surface area contributed by atoms with Gasteiger partial charge in [-0.3, -0.25) is 4.79 Å². The Morgan fingerprint density at radius 3 is 2.31 bits per heavy atom. The molecular weight excluding hydrogens is 393 g/mol. The number of rotatable bonds is 5. The van der Waals surface area contributed by atoms with Gasteiger partial charge in [0.2, 0.25) is 0 Å². The zero-order valence-corrected chi connectivity index (χ0v) is 14.8. The van der Waals surface area contributed by atoms with Crippen LogP contribution in [0.5, 0.6) is 0 Å². The summed E-state index contributed by atoms with van der Waals surface area (Å²) in [5, 5.41) is 6.29. The van der Waals surface area contributed by atoms with E-state index in [2.05, 4.69) is 10.4 Å². The number of nitrogens with zero attached hydrogens (tertiary/aromatic N) is 2. The van der Waals surface area contributed by atoms with E-state index in [9.17, 15) is 26.7 Å². The lowest BCUT2D eigenvalue weighted by Crippen LogP contribution is -2.16. The highest BCUT2D eigenvalue weighted by Gasteiger charge is 2.30. The third kappa shape index (κ3) is 3.72. The average Bonchev–Trinajstić information content (AvgIpc) is 3.40. The second kappa shape index (κ2) is 7.31. The lowest BCUT2D eigenvalue weighted by atomic mass is 10.1. The van der Waals surface area contributed by atoms with Gasteiger partial charge < -0.3 is 5.32 Å². The van der Waals surface area contributed by atoms with Crippen molar-refractivity contribution in [2.75, 3.05) is 5.32 Å². The molecule has 1 amide bonds. The van der Waals surface area contributed by atoms with Crippen LogP contribution in [0.4, 0.5) is 27.6 Å². The molecule has 0 radical (unpaired) electrons. The van der Waals surface area contributed by atoms with Crippen molar-refractivity contribution in [3.8, 4) is 5.69 Å². The van der Waals surface area contributed by atoms with Crippen molar-refractivity contribution < 1.29 is 26.7 Å². The van der Waals surface area contributed by atoms with E-state index in [0.29, 0.717) is 5.69 Å². The first-order valence-electron chi connectivity index (χ1n) is 8.78. The maximum Gasteiger partial charge on any atom is 0.280 e. The highest BCUT2D eigenvalue weighted by molar-refractivity contribution is 6.04. The number of hydrogen-bond donors (Lipinski definition) is 1. The fourth-order valence-corrected chi connectivity index (χ4v) is 3.01. The molecule has 0 spiro atoms. The minimum absolute atomic E-state index is 0.0907. The molecule has 4 nitrogen and oxygen atoms in total. The molecule has 1 fully saturated rings. The second-order valence-corrected chi connectivity index (χ2v) is 6.70. The summed E-state index contributed by atoms with van der Waals surface area (Å²) >= 11 is 0. The summed E-state index contributed by atoms with van der Waals surface area (Å²) in [5.74, 6) is -4.05. The molecule has 0 bridgehead atoms. The molecule has 3 aromatic rings. The Morgan fingerprint density at radius 1 is 1.03 bits per heavy atom. The van der Waals surface area contributed by atoms with Crippen LogP contribution < -0.4 is 5.32 Å². The maximum atomic E-state index is 14.6. The van der Waals surface area contributed by atoms with Crippen molar-refractivity contribution in [2.24, 2.45) is 0 Å². The number of anilines is 1. The van der Waals surface area contributed by atoms with Crippen LogP contribution in [0.1, 0.15) is 46.9 Å². The largest absolute Gasteiger partial charge is 0.322 e. The molecule has 1 heterocycles. The molecule has 2 aromatic carbocycles. The third-order valence-corrected chi connectivity index (χ3v) is 4.60. The van der Waals surface area contributed by atoms with E-state index >= 15 is 0 Å². The topological polar surface area (TPSA) is 46.9 Å². The predicted molar refractivity (Wildman–Crippen MR) is 94.8 cm³/mol. The SMILES string of the molecule is O=C(Nc1ccc(-n2nc(C3CC3)cc2C(F)F)c(F)c1)c1c(F)cccc1F. The van der Waals surface area contributed by atoms with Gasteiger partial charge in [-0.15, -0.1) is 0 Å². The van der Waals surface area contributed by atoms with Gasteiger partial charge >= 0.3 is 0 Å². The van der Waals surface area contributed by atoms with Gasteiger partial charge in [0.05, 0.1) is 5.69 Å². The van der Waals surface area contributed by atoms with E-state index < -0.39 is 41.0 Å². The van der Waals surface area contributed by atoms with Crippen LogP contribution in [0.15, 0.2) is 42.5 Å². The highest BCUT2D eigenvalue weighted by Crippen LogP contribution is 2.41.